The standard InChI is InChI=1S/C25H33F3N2O3/c26-20-4-6-21(7-5-20)33-22-10-15-30(24(32)18-8-11-25(27,28)12-9-18)17-19(22)16-23(31)29-13-2-1-3-14-29/h4-7,18-19,22H,1-3,8-17H2/t19-,22-/m0/s1. The molecule has 33 heavy (non-hydrogen) atoms. The second-order valence-electron chi connectivity index (χ2n) is 9.72. The Balaban J connectivity index is 1.43. The van der Waals surface area contributed by atoms with Gasteiger partial charge in [0.2, 0.25) is 17.7 Å². The summed E-state index contributed by atoms with van der Waals surface area (Å²) in [6, 6.07) is 5.80. The maximum absolute atomic E-state index is 13.5. The highest BCUT2D eigenvalue weighted by Gasteiger charge is 2.41. The van der Waals surface area contributed by atoms with Gasteiger partial charge in [0.1, 0.15) is 17.7 Å². The van der Waals surface area contributed by atoms with Crippen molar-refractivity contribution in [3.8, 4) is 5.75 Å². The number of likely N-dealkylation sites (tertiary alicyclic amines) is 2. The maximum atomic E-state index is 13.5. The molecule has 1 saturated carbocycles. The SMILES string of the molecule is O=C(C[C@H]1CN(C(=O)C2CCC(F)(F)CC2)CC[C@@H]1Oc1ccc(F)cc1)N1CCCCC1. The molecule has 2 aliphatic heterocycles. The largest absolute Gasteiger partial charge is 0.490 e. The summed E-state index contributed by atoms with van der Waals surface area (Å²) in [6.07, 6.45) is 3.60. The van der Waals surface area contributed by atoms with Crippen LogP contribution < -0.4 is 4.74 Å². The van der Waals surface area contributed by atoms with E-state index in [1.54, 1.807) is 17.0 Å². The minimum Gasteiger partial charge on any atom is -0.490 e. The first kappa shape index (κ1) is 23.9. The van der Waals surface area contributed by atoms with Crippen molar-refractivity contribution >= 4 is 11.8 Å². The number of carbonyl (C=O) groups excluding carboxylic acids is 2. The van der Waals surface area contributed by atoms with Crippen LogP contribution in [0.2, 0.25) is 0 Å². The van der Waals surface area contributed by atoms with Crippen LogP contribution in [-0.4, -0.2) is 59.8 Å². The summed E-state index contributed by atoms with van der Waals surface area (Å²) in [5, 5.41) is 0. The van der Waals surface area contributed by atoms with Gasteiger partial charge < -0.3 is 14.5 Å². The van der Waals surface area contributed by atoms with E-state index in [0.29, 0.717) is 25.3 Å². The smallest absolute Gasteiger partial charge is 0.248 e. The fourth-order valence-electron chi connectivity index (χ4n) is 5.29. The predicted molar refractivity (Wildman–Crippen MR) is 117 cm³/mol. The Morgan fingerprint density at radius 3 is 2.27 bits per heavy atom. The summed E-state index contributed by atoms with van der Waals surface area (Å²) in [5.74, 6) is -3.08. The summed E-state index contributed by atoms with van der Waals surface area (Å²) in [4.78, 5) is 29.7. The van der Waals surface area contributed by atoms with Gasteiger partial charge in [0, 0.05) is 63.7 Å². The molecule has 0 aromatic heterocycles. The molecule has 0 spiro atoms. The number of ether oxygens (including phenoxy) is 1. The third-order valence-electron chi connectivity index (χ3n) is 7.29. The average Bonchev–Trinajstić information content (AvgIpc) is 2.81. The van der Waals surface area contributed by atoms with Crippen LogP contribution in [0.15, 0.2) is 24.3 Å². The number of rotatable bonds is 5. The van der Waals surface area contributed by atoms with Crippen LogP contribution in [0, 0.1) is 17.7 Å². The Morgan fingerprint density at radius 1 is 0.939 bits per heavy atom. The first-order valence-corrected chi connectivity index (χ1v) is 12.2. The third-order valence-corrected chi connectivity index (χ3v) is 7.29. The van der Waals surface area contributed by atoms with Gasteiger partial charge >= 0.3 is 0 Å². The Morgan fingerprint density at radius 2 is 1.61 bits per heavy atom. The van der Waals surface area contributed by atoms with Gasteiger partial charge in [0.05, 0.1) is 0 Å². The average molecular weight is 467 g/mol. The Labute approximate surface area is 193 Å². The zero-order valence-corrected chi connectivity index (χ0v) is 19.0. The molecule has 0 unspecified atom stereocenters. The number of benzene rings is 1. The van der Waals surface area contributed by atoms with Crippen molar-refractivity contribution < 1.29 is 27.5 Å². The number of amides is 2. The Kier molecular flexibility index (Phi) is 7.49. The van der Waals surface area contributed by atoms with E-state index in [0.717, 1.165) is 32.4 Å². The maximum Gasteiger partial charge on any atom is 0.248 e. The van der Waals surface area contributed by atoms with Gasteiger partial charge in [-0.1, -0.05) is 0 Å². The van der Waals surface area contributed by atoms with Crippen molar-refractivity contribution in [2.45, 2.75) is 69.8 Å². The molecule has 8 heteroatoms. The minimum atomic E-state index is -2.67. The molecule has 0 bridgehead atoms. The topological polar surface area (TPSA) is 49.9 Å². The lowest BCUT2D eigenvalue weighted by Crippen LogP contribution is -2.51. The van der Waals surface area contributed by atoms with Crippen LogP contribution in [0.1, 0.15) is 57.8 Å². The molecule has 2 amide bonds. The van der Waals surface area contributed by atoms with Crippen LogP contribution in [0.25, 0.3) is 0 Å². The Hall–Kier alpha value is -2.25. The fraction of sp³-hybridized carbons (Fsp3) is 0.680. The van der Waals surface area contributed by atoms with Crippen LogP contribution in [-0.2, 0) is 9.59 Å². The number of alkyl halides is 2. The van der Waals surface area contributed by atoms with E-state index in [9.17, 15) is 22.8 Å². The van der Waals surface area contributed by atoms with E-state index in [4.69, 9.17) is 4.74 Å². The molecule has 5 nitrogen and oxygen atoms in total. The van der Waals surface area contributed by atoms with Crippen molar-refractivity contribution in [3.05, 3.63) is 30.1 Å². The zero-order chi connectivity index (χ0) is 23.4. The first-order chi connectivity index (χ1) is 15.8. The number of hydrogen-bond acceptors (Lipinski definition) is 3. The highest BCUT2D eigenvalue weighted by atomic mass is 19.3. The Bertz CT molecular complexity index is 817. The fourth-order valence-corrected chi connectivity index (χ4v) is 5.29. The van der Waals surface area contributed by atoms with Gasteiger partial charge in [-0.05, 0) is 56.4 Å². The number of halogens is 3. The van der Waals surface area contributed by atoms with E-state index in [2.05, 4.69) is 0 Å². The number of carbonyl (C=O) groups is 2. The summed E-state index contributed by atoms with van der Waals surface area (Å²) >= 11 is 0. The van der Waals surface area contributed by atoms with E-state index < -0.39 is 5.92 Å². The molecule has 3 aliphatic rings. The van der Waals surface area contributed by atoms with E-state index in [-0.39, 0.29) is 67.7 Å². The third kappa shape index (κ3) is 6.21. The minimum absolute atomic E-state index is 0.0685. The van der Waals surface area contributed by atoms with E-state index in [1.807, 2.05) is 4.90 Å². The molecule has 1 aromatic rings. The summed E-state index contributed by atoms with van der Waals surface area (Å²) in [6.45, 7) is 2.35. The second kappa shape index (κ2) is 10.3. The lowest BCUT2D eigenvalue weighted by atomic mass is 9.84. The molecular formula is C25H33F3N2O3. The van der Waals surface area contributed by atoms with Gasteiger partial charge in [0.15, 0.2) is 0 Å². The van der Waals surface area contributed by atoms with Crippen molar-refractivity contribution in [1.82, 2.24) is 9.80 Å². The van der Waals surface area contributed by atoms with Crippen LogP contribution in [0.5, 0.6) is 5.75 Å². The number of piperidine rings is 2. The lowest BCUT2D eigenvalue weighted by Gasteiger charge is -2.41. The second-order valence-corrected chi connectivity index (χ2v) is 9.72. The lowest BCUT2D eigenvalue weighted by molar-refractivity contribution is -0.145. The van der Waals surface area contributed by atoms with Crippen molar-refractivity contribution in [2.24, 2.45) is 11.8 Å². The molecule has 0 radical (unpaired) electrons. The number of hydrogen-bond donors (Lipinski definition) is 0. The molecule has 182 valence electrons. The summed E-state index contributed by atoms with van der Waals surface area (Å²) in [5.41, 5.74) is 0. The summed E-state index contributed by atoms with van der Waals surface area (Å²) < 4.78 is 46.5. The molecule has 3 fully saturated rings. The monoisotopic (exact) mass is 466 g/mol. The zero-order valence-electron chi connectivity index (χ0n) is 19.0. The van der Waals surface area contributed by atoms with Gasteiger partial charge in [-0.3, -0.25) is 9.59 Å². The molecule has 1 aromatic carbocycles. The van der Waals surface area contributed by atoms with Gasteiger partial charge in [-0.15, -0.1) is 0 Å². The van der Waals surface area contributed by atoms with Gasteiger partial charge in [0.25, 0.3) is 0 Å². The molecule has 0 N–H and O–H groups in total. The van der Waals surface area contributed by atoms with Gasteiger partial charge in [-0.25, -0.2) is 13.2 Å². The van der Waals surface area contributed by atoms with Crippen LogP contribution >= 0.6 is 0 Å². The quantitative estimate of drug-likeness (QED) is 0.635. The first-order valence-electron chi connectivity index (χ1n) is 12.2. The van der Waals surface area contributed by atoms with Crippen molar-refractivity contribution in [1.29, 1.82) is 0 Å². The van der Waals surface area contributed by atoms with Crippen LogP contribution in [0.3, 0.4) is 0 Å². The molecule has 2 saturated heterocycles. The number of nitrogens with zero attached hydrogens (tertiary/aromatic N) is 2. The van der Waals surface area contributed by atoms with Gasteiger partial charge in [-0.2, -0.15) is 0 Å². The predicted octanol–water partition coefficient (Wildman–Crippen LogP) is 4.65. The van der Waals surface area contributed by atoms with E-state index in [1.165, 1.54) is 12.1 Å². The highest BCUT2D eigenvalue weighted by molar-refractivity contribution is 5.80. The molecule has 2 atom stereocenters. The van der Waals surface area contributed by atoms with Crippen LogP contribution in [0.4, 0.5) is 13.2 Å². The normalized spacial score (nSPS) is 26.2. The van der Waals surface area contributed by atoms with E-state index >= 15 is 0 Å². The summed E-state index contributed by atoms with van der Waals surface area (Å²) in [7, 11) is 0. The van der Waals surface area contributed by atoms with Crippen molar-refractivity contribution in [2.75, 3.05) is 26.2 Å². The molecule has 2 heterocycles. The highest BCUT2D eigenvalue weighted by Crippen LogP contribution is 2.37. The molecule has 1 aliphatic carbocycles. The molecule has 4 rings (SSSR count). The molecular weight excluding hydrogens is 433 g/mol. The van der Waals surface area contributed by atoms with Crippen molar-refractivity contribution in [3.63, 3.8) is 0 Å².